The Morgan fingerprint density at radius 1 is 0.841 bits per heavy atom. The summed E-state index contributed by atoms with van der Waals surface area (Å²) in [5, 5.41) is 3.44. The summed E-state index contributed by atoms with van der Waals surface area (Å²) in [4.78, 5) is 29.2. The summed E-state index contributed by atoms with van der Waals surface area (Å²) in [5.41, 5.74) is 1.06. The predicted molar refractivity (Wildman–Crippen MR) is 172 cm³/mol. The smallest absolute Gasteiger partial charge is 0.264 e. The fourth-order valence-corrected chi connectivity index (χ4v) is 6.41. The molecule has 0 aromatic heterocycles. The van der Waals surface area contributed by atoms with Crippen molar-refractivity contribution < 1.29 is 22.4 Å². The molecule has 230 valence electrons. The quantitative estimate of drug-likeness (QED) is 0.178. The number of para-hydroxylation sites is 1. The SMILES string of the molecule is CCCNC(=O)C(Cc1ccccc1)N(Cc1ccc(Cl)c(Cl)c1)C(=O)CN(c1ccccc1F)S(=O)(=O)c1ccccc1. The molecule has 0 fully saturated rings. The molecule has 1 atom stereocenters. The minimum absolute atomic E-state index is 0.0940. The topological polar surface area (TPSA) is 86.8 Å². The van der Waals surface area contributed by atoms with Crippen LogP contribution in [-0.2, 0) is 32.6 Å². The first-order chi connectivity index (χ1) is 21.1. The highest BCUT2D eigenvalue weighted by Crippen LogP contribution is 2.28. The number of sulfonamides is 1. The van der Waals surface area contributed by atoms with Crippen LogP contribution in [0.2, 0.25) is 10.0 Å². The Bertz CT molecular complexity index is 1690. The average Bonchev–Trinajstić information content (AvgIpc) is 3.03. The summed E-state index contributed by atoms with van der Waals surface area (Å²) in [7, 11) is -4.40. The van der Waals surface area contributed by atoms with E-state index < -0.39 is 40.2 Å². The van der Waals surface area contributed by atoms with E-state index in [1.165, 1.54) is 35.2 Å². The molecule has 0 saturated heterocycles. The van der Waals surface area contributed by atoms with Crippen LogP contribution in [0.5, 0.6) is 0 Å². The summed E-state index contributed by atoms with van der Waals surface area (Å²) in [6, 6.07) is 25.8. The van der Waals surface area contributed by atoms with Gasteiger partial charge >= 0.3 is 0 Å². The molecule has 4 rings (SSSR count). The van der Waals surface area contributed by atoms with E-state index in [1.54, 1.807) is 36.4 Å². The molecule has 0 aliphatic heterocycles. The van der Waals surface area contributed by atoms with Crippen molar-refractivity contribution in [2.45, 2.75) is 37.2 Å². The van der Waals surface area contributed by atoms with Gasteiger partial charge in [-0.2, -0.15) is 0 Å². The monoisotopic (exact) mass is 655 g/mol. The lowest BCUT2D eigenvalue weighted by Crippen LogP contribution is -2.53. The lowest BCUT2D eigenvalue weighted by Gasteiger charge is -2.34. The normalized spacial score (nSPS) is 11.9. The summed E-state index contributed by atoms with van der Waals surface area (Å²) in [6.07, 6.45) is 0.815. The highest BCUT2D eigenvalue weighted by Gasteiger charge is 2.35. The lowest BCUT2D eigenvalue weighted by molar-refractivity contribution is -0.140. The number of hydrogen-bond donors (Lipinski definition) is 1. The standard InChI is InChI=1S/C33H32Cl2FN3O4S/c1-2-19-37-33(41)31(21-24-11-5-3-6-12-24)38(22-25-17-18-27(34)28(35)20-25)32(40)23-39(30-16-10-9-15-29(30)36)44(42,43)26-13-7-4-8-14-26/h3-18,20,31H,2,19,21-23H2,1H3,(H,37,41). The largest absolute Gasteiger partial charge is 0.354 e. The minimum Gasteiger partial charge on any atom is -0.354 e. The van der Waals surface area contributed by atoms with E-state index in [0.29, 0.717) is 23.6 Å². The van der Waals surface area contributed by atoms with Crippen LogP contribution in [0.3, 0.4) is 0 Å². The molecule has 0 saturated carbocycles. The van der Waals surface area contributed by atoms with E-state index in [9.17, 15) is 18.0 Å². The van der Waals surface area contributed by atoms with Crippen molar-refractivity contribution in [3.63, 3.8) is 0 Å². The van der Waals surface area contributed by atoms with Crippen LogP contribution < -0.4 is 9.62 Å². The fraction of sp³-hybridized carbons (Fsp3) is 0.212. The number of carbonyl (C=O) groups is 2. The molecule has 0 heterocycles. The highest BCUT2D eigenvalue weighted by atomic mass is 35.5. The number of hydrogen-bond acceptors (Lipinski definition) is 4. The maximum Gasteiger partial charge on any atom is 0.264 e. The molecule has 0 aliphatic carbocycles. The first kappa shape index (κ1) is 33.0. The average molecular weight is 657 g/mol. The molecule has 4 aromatic rings. The number of carbonyl (C=O) groups excluding carboxylic acids is 2. The Labute approximate surface area is 267 Å². The van der Waals surface area contributed by atoms with Crippen LogP contribution in [0.25, 0.3) is 0 Å². The third-order valence-corrected chi connectivity index (χ3v) is 9.40. The van der Waals surface area contributed by atoms with Gasteiger partial charge in [0.1, 0.15) is 18.4 Å². The zero-order valence-corrected chi connectivity index (χ0v) is 26.3. The predicted octanol–water partition coefficient (Wildman–Crippen LogP) is 6.49. The summed E-state index contributed by atoms with van der Waals surface area (Å²) < 4.78 is 43.7. The number of nitrogens with zero attached hydrogens (tertiary/aromatic N) is 2. The van der Waals surface area contributed by atoms with E-state index in [4.69, 9.17) is 23.2 Å². The van der Waals surface area contributed by atoms with Gasteiger partial charge in [-0.3, -0.25) is 13.9 Å². The van der Waals surface area contributed by atoms with Gasteiger partial charge in [-0.05, 0) is 53.9 Å². The van der Waals surface area contributed by atoms with Crippen LogP contribution in [0.15, 0.2) is 108 Å². The summed E-state index contributed by atoms with van der Waals surface area (Å²) in [5.74, 6) is -1.95. The Hall–Kier alpha value is -3.92. The third-order valence-electron chi connectivity index (χ3n) is 6.89. The fourth-order valence-electron chi connectivity index (χ4n) is 4.64. The number of rotatable bonds is 13. The molecular weight excluding hydrogens is 624 g/mol. The number of halogens is 3. The van der Waals surface area contributed by atoms with Gasteiger partial charge in [0.15, 0.2) is 0 Å². The second kappa shape index (κ2) is 15.2. The second-order valence-corrected chi connectivity index (χ2v) is 12.7. The van der Waals surface area contributed by atoms with Crippen molar-refractivity contribution in [1.82, 2.24) is 10.2 Å². The number of nitrogens with one attached hydrogen (secondary N) is 1. The first-order valence-corrected chi connectivity index (χ1v) is 16.2. The first-order valence-electron chi connectivity index (χ1n) is 14.0. The van der Waals surface area contributed by atoms with E-state index >= 15 is 4.39 Å². The molecule has 2 amide bonds. The van der Waals surface area contributed by atoms with Gasteiger partial charge < -0.3 is 10.2 Å². The van der Waals surface area contributed by atoms with Gasteiger partial charge in [0.05, 0.1) is 20.6 Å². The van der Waals surface area contributed by atoms with Crippen molar-refractivity contribution in [2.24, 2.45) is 0 Å². The zero-order chi connectivity index (χ0) is 31.7. The van der Waals surface area contributed by atoms with Gasteiger partial charge in [0, 0.05) is 19.5 Å². The van der Waals surface area contributed by atoms with Crippen LogP contribution >= 0.6 is 23.2 Å². The zero-order valence-electron chi connectivity index (χ0n) is 24.0. The van der Waals surface area contributed by atoms with Crippen LogP contribution in [0.1, 0.15) is 24.5 Å². The molecule has 0 radical (unpaired) electrons. The molecule has 44 heavy (non-hydrogen) atoms. The molecule has 7 nitrogen and oxygen atoms in total. The molecular formula is C33H32Cl2FN3O4S. The Kier molecular flexibility index (Phi) is 11.4. The van der Waals surface area contributed by atoms with Crippen LogP contribution in [0, 0.1) is 5.82 Å². The number of amides is 2. The van der Waals surface area contributed by atoms with E-state index in [-0.39, 0.29) is 28.6 Å². The Balaban J connectivity index is 1.81. The molecule has 1 unspecified atom stereocenters. The maximum atomic E-state index is 15.2. The Morgan fingerprint density at radius 2 is 1.48 bits per heavy atom. The number of anilines is 1. The summed E-state index contributed by atoms with van der Waals surface area (Å²) in [6.45, 7) is 1.42. The van der Waals surface area contributed by atoms with Crippen molar-refractivity contribution in [3.05, 3.63) is 130 Å². The Morgan fingerprint density at radius 3 is 2.11 bits per heavy atom. The van der Waals surface area contributed by atoms with Gasteiger partial charge in [-0.15, -0.1) is 0 Å². The lowest BCUT2D eigenvalue weighted by atomic mass is 10.0. The van der Waals surface area contributed by atoms with Crippen molar-refractivity contribution >= 4 is 50.7 Å². The van der Waals surface area contributed by atoms with Gasteiger partial charge in [0.2, 0.25) is 11.8 Å². The van der Waals surface area contributed by atoms with Gasteiger partial charge in [-0.1, -0.05) is 96.9 Å². The van der Waals surface area contributed by atoms with Crippen LogP contribution in [-0.4, -0.2) is 44.3 Å². The molecule has 0 aliphatic rings. The molecule has 0 bridgehead atoms. The molecule has 0 spiro atoms. The van der Waals surface area contributed by atoms with Crippen molar-refractivity contribution in [2.75, 3.05) is 17.4 Å². The highest BCUT2D eigenvalue weighted by molar-refractivity contribution is 7.92. The number of benzene rings is 4. The van der Waals surface area contributed by atoms with Gasteiger partial charge in [0.25, 0.3) is 10.0 Å². The second-order valence-electron chi connectivity index (χ2n) is 10.0. The summed E-state index contributed by atoms with van der Waals surface area (Å²) >= 11 is 12.4. The molecule has 1 N–H and O–H groups in total. The van der Waals surface area contributed by atoms with Crippen molar-refractivity contribution in [3.8, 4) is 0 Å². The third kappa shape index (κ3) is 8.16. The minimum atomic E-state index is -4.40. The van der Waals surface area contributed by atoms with E-state index in [0.717, 1.165) is 15.9 Å². The molecule has 11 heteroatoms. The van der Waals surface area contributed by atoms with E-state index in [1.807, 2.05) is 37.3 Å². The molecule has 4 aromatic carbocycles. The van der Waals surface area contributed by atoms with Gasteiger partial charge in [-0.25, -0.2) is 12.8 Å². The van der Waals surface area contributed by atoms with Crippen molar-refractivity contribution in [1.29, 1.82) is 0 Å². The van der Waals surface area contributed by atoms with E-state index in [2.05, 4.69) is 5.32 Å². The van der Waals surface area contributed by atoms with Crippen LogP contribution in [0.4, 0.5) is 10.1 Å². The maximum absolute atomic E-state index is 15.2.